The van der Waals surface area contributed by atoms with Crippen LogP contribution in [0.5, 0.6) is 0 Å². The molecule has 1 saturated heterocycles. The van der Waals surface area contributed by atoms with Gasteiger partial charge in [-0.3, -0.25) is 9.48 Å². The molecule has 1 aromatic carbocycles. The lowest BCUT2D eigenvalue weighted by Gasteiger charge is -2.47. The van der Waals surface area contributed by atoms with Crippen molar-refractivity contribution in [1.82, 2.24) is 24.6 Å². The van der Waals surface area contributed by atoms with Crippen LogP contribution in [-0.2, 0) is 40.2 Å². The number of anilines is 1. The quantitative estimate of drug-likeness (QED) is 0.163. The Labute approximate surface area is 292 Å². The molecular formula is C35H42F6N6O4. The Morgan fingerprint density at radius 3 is 1.90 bits per heavy atom. The van der Waals surface area contributed by atoms with Gasteiger partial charge in [-0.2, -0.15) is 31.4 Å². The van der Waals surface area contributed by atoms with Crippen molar-refractivity contribution in [2.45, 2.75) is 108 Å². The molecule has 16 heteroatoms. The lowest BCUT2D eigenvalue weighted by Crippen LogP contribution is -2.57. The summed E-state index contributed by atoms with van der Waals surface area (Å²) >= 11 is 0. The van der Waals surface area contributed by atoms with E-state index in [0.29, 0.717) is 56.9 Å². The van der Waals surface area contributed by atoms with E-state index in [1.165, 1.54) is 19.5 Å². The van der Waals surface area contributed by atoms with E-state index in [1.807, 2.05) is 13.8 Å². The Morgan fingerprint density at radius 1 is 0.863 bits per heavy atom. The number of rotatable bonds is 9. The largest absolute Gasteiger partial charge is 0.469 e. The van der Waals surface area contributed by atoms with Crippen LogP contribution in [0.3, 0.4) is 0 Å². The summed E-state index contributed by atoms with van der Waals surface area (Å²) in [5.74, 6) is -0.385. The smallest absolute Gasteiger partial charge is 0.416 e. The lowest BCUT2D eigenvalue weighted by atomic mass is 9.87. The first-order chi connectivity index (χ1) is 24.1. The number of halogens is 6. The third-order valence-corrected chi connectivity index (χ3v) is 9.88. The molecule has 2 aromatic heterocycles. The summed E-state index contributed by atoms with van der Waals surface area (Å²) in [6.07, 6.45) is -0.548. The predicted octanol–water partition coefficient (Wildman–Crippen LogP) is 7.81. The van der Waals surface area contributed by atoms with Crippen LogP contribution in [0.15, 0.2) is 43.0 Å². The highest BCUT2D eigenvalue weighted by Gasteiger charge is 2.42. The van der Waals surface area contributed by atoms with Crippen molar-refractivity contribution in [3.05, 3.63) is 59.7 Å². The molecule has 1 aliphatic heterocycles. The number of benzene rings is 1. The fourth-order valence-electron chi connectivity index (χ4n) is 7.17. The van der Waals surface area contributed by atoms with E-state index >= 15 is 0 Å². The van der Waals surface area contributed by atoms with E-state index < -0.39 is 35.6 Å². The third-order valence-electron chi connectivity index (χ3n) is 9.88. The molecule has 3 aromatic rings. The topological polar surface area (TPSA) is 103 Å². The summed E-state index contributed by atoms with van der Waals surface area (Å²) in [5, 5.41) is 4.15. The molecule has 0 unspecified atom stereocenters. The number of likely N-dealkylation sites (tertiary alicyclic amines) is 1. The molecule has 0 bridgehead atoms. The van der Waals surface area contributed by atoms with Gasteiger partial charge in [0.05, 0.1) is 30.4 Å². The first-order valence-corrected chi connectivity index (χ1v) is 17.0. The van der Waals surface area contributed by atoms with Crippen molar-refractivity contribution >= 4 is 18.0 Å². The zero-order chi connectivity index (χ0) is 37.1. The Balaban J connectivity index is 1.44. The summed E-state index contributed by atoms with van der Waals surface area (Å²) in [7, 11) is 3.09. The van der Waals surface area contributed by atoms with Crippen molar-refractivity contribution in [3.63, 3.8) is 0 Å². The summed E-state index contributed by atoms with van der Waals surface area (Å²) in [5.41, 5.74) is -1.66. The molecule has 1 saturated carbocycles. The van der Waals surface area contributed by atoms with Gasteiger partial charge in [0.2, 0.25) is 5.95 Å². The first-order valence-electron chi connectivity index (χ1n) is 17.0. The van der Waals surface area contributed by atoms with Crippen LogP contribution in [0.1, 0.15) is 81.9 Å². The Bertz CT molecular complexity index is 1610. The molecule has 51 heavy (non-hydrogen) atoms. The molecule has 0 N–H and O–H groups in total. The van der Waals surface area contributed by atoms with Gasteiger partial charge in [-0.25, -0.2) is 14.8 Å². The minimum atomic E-state index is -5.01. The van der Waals surface area contributed by atoms with Crippen LogP contribution >= 0.6 is 0 Å². The van der Waals surface area contributed by atoms with Gasteiger partial charge in [0.15, 0.2) is 0 Å². The monoisotopic (exact) mass is 724 g/mol. The van der Waals surface area contributed by atoms with Gasteiger partial charge in [-0.1, -0.05) is 13.8 Å². The van der Waals surface area contributed by atoms with E-state index in [-0.39, 0.29) is 54.2 Å². The number of piperidine rings is 1. The molecule has 3 heterocycles. The summed E-state index contributed by atoms with van der Waals surface area (Å²) < 4.78 is 95.4. The maximum atomic E-state index is 13.8. The van der Waals surface area contributed by atoms with Crippen LogP contribution in [0.2, 0.25) is 0 Å². The molecule has 0 spiro atoms. The summed E-state index contributed by atoms with van der Waals surface area (Å²) in [6.45, 7) is 3.48. The van der Waals surface area contributed by atoms with Crippen LogP contribution in [-0.4, -0.2) is 68.1 Å². The number of carbonyl (C=O) groups excluding carboxylic acids is 2. The highest BCUT2D eigenvalue weighted by molar-refractivity contribution is 5.72. The summed E-state index contributed by atoms with van der Waals surface area (Å²) in [4.78, 5) is 38.1. The minimum absolute atomic E-state index is 0.110. The Kier molecular flexibility index (Phi) is 11.5. The normalized spacial score (nSPS) is 22.8. The number of ether oxygens (including phenoxy) is 2. The maximum absolute atomic E-state index is 13.8. The number of alkyl halides is 6. The standard InChI is InChI=1S/C35H42F6N6O4/c1-5-27-14-29(15-28(6-2)47(27)33(49)51-30-9-7-22(8-10-30)31(48)50-4)46(32-42-16-23(17-43-32)24-18-44-45(3)20-24)19-21-11-25(34(36,37)38)13-26(12-21)35(39,40)41/h11-13,16-18,20,22,27-30H,5-10,14-15,19H2,1-4H3/t22-,27-,28+,29+,30-. The van der Waals surface area contributed by atoms with Crippen molar-refractivity contribution in [2.75, 3.05) is 12.0 Å². The number of aromatic nitrogens is 4. The van der Waals surface area contributed by atoms with E-state index in [4.69, 9.17) is 9.47 Å². The number of amides is 1. The predicted molar refractivity (Wildman–Crippen MR) is 174 cm³/mol. The van der Waals surface area contributed by atoms with Gasteiger partial charge in [0, 0.05) is 61.4 Å². The zero-order valence-electron chi connectivity index (χ0n) is 28.9. The van der Waals surface area contributed by atoms with Gasteiger partial charge < -0.3 is 19.3 Å². The van der Waals surface area contributed by atoms with Gasteiger partial charge in [0.1, 0.15) is 6.10 Å². The number of hydrogen-bond acceptors (Lipinski definition) is 8. The lowest BCUT2D eigenvalue weighted by molar-refractivity contribution is -0.147. The van der Waals surface area contributed by atoms with Gasteiger partial charge in [0.25, 0.3) is 0 Å². The second-order valence-electron chi connectivity index (χ2n) is 13.3. The van der Waals surface area contributed by atoms with E-state index in [2.05, 4.69) is 15.1 Å². The number of esters is 1. The molecule has 2 fully saturated rings. The Hall–Kier alpha value is -4.37. The fourth-order valence-corrected chi connectivity index (χ4v) is 7.17. The molecular weight excluding hydrogens is 682 g/mol. The van der Waals surface area contributed by atoms with Gasteiger partial charge >= 0.3 is 24.4 Å². The fraction of sp³-hybridized carbons (Fsp3) is 0.571. The average molecular weight is 725 g/mol. The first kappa shape index (κ1) is 37.9. The van der Waals surface area contributed by atoms with Crippen molar-refractivity contribution < 1.29 is 45.4 Å². The number of aryl methyl sites for hydroxylation is 1. The molecule has 3 atom stereocenters. The van der Waals surface area contributed by atoms with Crippen LogP contribution in [0, 0.1) is 5.92 Å². The second-order valence-corrected chi connectivity index (χ2v) is 13.3. The molecule has 278 valence electrons. The summed E-state index contributed by atoms with van der Waals surface area (Å²) in [6, 6.07) is 0.408. The average Bonchev–Trinajstić information content (AvgIpc) is 3.55. The van der Waals surface area contributed by atoms with Crippen LogP contribution in [0.25, 0.3) is 11.1 Å². The van der Waals surface area contributed by atoms with Gasteiger partial charge in [-0.15, -0.1) is 0 Å². The second kappa shape index (κ2) is 15.5. The van der Waals surface area contributed by atoms with Gasteiger partial charge in [-0.05, 0) is 75.1 Å². The van der Waals surface area contributed by atoms with Crippen molar-refractivity contribution in [1.29, 1.82) is 0 Å². The highest BCUT2D eigenvalue weighted by atomic mass is 19.4. The molecule has 1 amide bonds. The number of hydrogen-bond donors (Lipinski definition) is 0. The number of nitrogens with zero attached hydrogens (tertiary/aromatic N) is 6. The third kappa shape index (κ3) is 8.93. The number of methoxy groups -OCH3 is 1. The molecule has 0 radical (unpaired) electrons. The number of carbonyl (C=O) groups is 2. The van der Waals surface area contributed by atoms with Crippen LogP contribution < -0.4 is 4.90 Å². The molecule has 1 aliphatic carbocycles. The van der Waals surface area contributed by atoms with Crippen molar-refractivity contribution in [3.8, 4) is 11.1 Å². The minimum Gasteiger partial charge on any atom is -0.469 e. The van der Waals surface area contributed by atoms with E-state index in [1.54, 1.807) is 33.9 Å². The zero-order valence-corrected chi connectivity index (χ0v) is 28.9. The SMILES string of the molecule is CC[C@@H]1C[C@H](N(Cc2cc(C(F)(F)F)cc(C(F)(F)F)c2)c2ncc(-c3cnn(C)c3)cn2)C[C@H](CC)N1C(=O)O[C@H]1CC[C@H](C(=O)OC)CC1. The molecule has 5 rings (SSSR count). The maximum Gasteiger partial charge on any atom is 0.416 e. The Morgan fingerprint density at radius 2 is 1.43 bits per heavy atom. The van der Waals surface area contributed by atoms with Crippen molar-refractivity contribution in [2.24, 2.45) is 13.0 Å². The van der Waals surface area contributed by atoms with E-state index in [9.17, 15) is 35.9 Å². The molecule has 10 nitrogen and oxygen atoms in total. The highest BCUT2D eigenvalue weighted by Crippen LogP contribution is 2.39. The van der Waals surface area contributed by atoms with Crippen LogP contribution in [0.4, 0.5) is 37.1 Å². The molecule has 2 aliphatic rings. The van der Waals surface area contributed by atoms with E-state index in [0.717, 1.165) is 17.7 Å².